The van der Waals surface area contributed by atoms with Gasteiger partial charge in [0.05, 0.1) is 12.0 Å². The molecule has 0 aromatic heterocycles. The summed E-state index contributed by atoms with van der Waals surface area (Å²) < 4.78 is 0. The Morgan fingerprint density at radius 1 is 1.41 bits per heavy atom. The van der Waals surface area contributed by atoms with Crippen LogP contribution in [0.15, 0.2) is 30.3 Å². The van der Waals surface area contributed by atoms with E-state index in [0.29, 0.717) is 25.8 Å². The molecule has 1 fully saturated rings. The van der Waals surface area contributed by atoms with Crippen LogP contribution in [0.5, 0.6) is 0 Å². The van der Waals surface area contributed by atoms with Gasteiger partial charge in [-0.3, -0.25) is 4.79 Å². The van der Waals surface area contributed by atoms with Crippen LogP contribution in [0.2, 0.25) is 0 Å². The van der Waals surface area contributed by atoms with E-state index in [9.17, 15) is 9.59 Å². The van der Waals surface area contributed by atoms with Gasteiger partial charge in [0.1, 0.15) is 0 Å². The Labute approximate surface area is 130 Å². The summed E-state index contributed by atoms with van der Waals surface area (Å²) in [5.41, 5.74) is 0.945. The average molecular weight is 300 g/mol. The zero-order valence-corrected chi connectivity index (χ0v) is 12.4. The fourth-order valence-corrected chi connectivity index (χ4v) is 2.66. The maximum atomic E-state index is 12.4. The Balaban J connectivity index is 2.02. The van der Waals surface area contributed by atoms with Crippen LogP contribution < -0.4 is 5.32 Å². The molecule has 1 aromatic rings. The Kier molecular flexibility index (Phi) is 5.42. The summed E-state index contributed by atoms with van der Waals surface area (Å²) in [5, 5.41) is 12.0. The second kappa shape index (κ2) is 7.51. The number of terminal acetylenes is 1. The van der Waals surface area contributed by atoms with Crippen molar-refractivity contribution in [2.75, 3.05) is 13.1 Å². The Hall–Kier alpha value is -2.48. The lowest BCUT2D eigenvalue weighted by molar-refractivity contribution is -0.143. The maximum Gasteiger partial charge on any atom is 0.317 e. The first-order chi connectivity index (χ1) is 10.6. The monoisotopic (exact) mass is 300 g/mol. The van der Waals surface area contributed by atoms with E-state index in [0.717, 1.165) is 5.56 Å². The standard InChI is InChI=1S/C17H20N2O3/c1-2-7-15(13-8-4-3-5-9-13)18-17(22)19-11-6-10-14(12-19)16(20)21/h1,3-5,8-9,14-15H,6-7,10-12H2,(H,18,22)(H,20,21). The van der Waals surface area contributed by atoms with Gasteiger partial charge in [0.15, 0.2) is 0 Å². The normalized spacial score (nSPS) is 19.0. The number of benzene rings is 1. The maximum absolute atomic E-state index is 12.4. The quantitative estimate of drug-likeness (QED) is 0.838. The van der Waals surface area contributed by atoms with E-state index in [1.807, 2.05) is 30.3 Å². The molecule has 0 bridgehead atoms. The van der Waals surface area contributed by atoms with Crippen molar-refractivity contribution < 1.29 is 14.7 Å². The first-order valence-electron chi connectivity index (χ1n) is 7.38. The van der Waals surface area contributed by atoms with E-state index in [1.165, 1.54) is 0 Å². The number of hydrogen-bond acceptors (Lipinski definition) is 2. The number of likely N-dealkylation sites (tertiary alicyclic amines) is 1. The van der Waals surface area contributed by atoms with Gasteiger partial charge in [-0.1, -0.05) is 30.3 Å². The number of nitrogens with one attached hydrogen (secondary N) is 1. The highest BCUT2D eigenvalue weighted by Crippen LogP contribution is 2.19. The molecule has 1 saturated heterocycles. The molecule has 2 N–H and O–H groups in total. The second-order valence-corrected chi connectivity index (χ2v) is 5.44. The van der Waals surface area contributed by atoms with Crippen molar-refractivity contribution in [3.8, 4) is 12.3 Å². The van der Waals surface area contributed by atoms with Crippen LogP contribution in [0, 0.1) is 18.3 Å². The summed E-state index contributed by atoms with van der Waals surface area (Å²) in [4.78, 5) is 25.0. The predicted molar refractivity (Wildman–Crippen MR) is 83.1 cm³/mol. The van der Waals surface area contributed by atoms with Crippen LogP contribution in [0.4, 0.5) is 4.79 Å². The van der Waals surface area contributed by atoms with E-state index in [-0.39, 0.29) is 18.6 Å². The molecule has 2 atom stereocenters. The number of carbonyl (C=O) groups is 2. The van der Waals surface area contributed by atoms with E-state index in [1.54, 1.807) is 4.90 Å². The lowest BCUT2D eigenvalue weighted by Gasteiger charge is -2.32. The predicted octanol–water partition coefficient (Wildman–Crippen LogP) is 2.26. The molecule has 1 aromatic carbocycles. The lowest BCUT2D eigenvalue weighted by atomic mass is 9.98. The van der Waals surface area contributed by atoms with Crippen LogP contribution in [0.3, 0.4) is 0 Å². The van der Waals surface area contributed by atoms with Crippen LogP contribution >= 0.6 is 0 Å². The zero-order valence-electron chi connectivity index (χ0n) is 12.4. The number of piperidine rings is 1. The van der Waals surface area contributed by atoms with Crippen LogP contribution in [0.25, 0.3) is 0 Å². The number of nitrogens with zero attached hydrogens (tertiary/aromatic N) is 1. The third-order valence-corrected chi connectivity index (χ3v) is 3.88. The van der Waals surface area contributed by atoms with Crippen LogP contribution in [0.1, 0.15) is 30.9 Å². The third-order valence-electron chi connectivity index (χ3n) is 3.88. The highest BCUT2D eigenvalue weighted by Gasteiger charge is 2.29. The Morgan fingerprint density at radius 2 is 2.14 bits per heavy atom. The Bertz CT molecular complexity index is 565. The van der Waals surface area contributed by atoms with E-state index < -0.39 is 11.9 Å². The molecule has 0 aliphatic carbocycles. The van der Waals surface area contributed by atoms with Gasteiger partial charge in [0.2, 0.25) is 0 Å². The molecule has 1 heterocycles. The molecule has 0 saturated carbocycles. The summed E-state index contributed by atoms with van der Waals surface area (Å²) in [7, 11) is 0. The number of carboxylic acids is 1. The van der Waals surface area contributed by atoms with Gasteiger partial charge in [0, 0.05) is 19.5 Å². The molecule has 116 valence electrons. The van der Waals surface area contributed by atoms with Crippen LogP contribution in [-0.2, 0) is 4.79 Å². The number of amides is 2. The van der Waals surface area contributed by atoms with Crippen molar-refractivity contribution in [1.82, 2.24) is 10.2 Å². The van der Waals surface area contributed by atoms with Crippen molar-refractivity contribution in [2.45, 2.75) is 25.3 Å². The van der Waals surface area contributed by atoms with Crippen molar-refractivity contribution in [1.29, 1.82) is 0 Å². The minimum atomic E-state index is -0.847. The van der Waals surface area contributed by atoms with Crippen molar-refractivity contribution in [3.05, 3.63) is 35.9 Å². The fourth-order valence-electron chi connectivity index (χ4n) is 2.66. The summed E-state index contributed by atoms with van der Waals surface area (Å²) in [5.74, 6) is 1.24. The van der Waals surface area contributed by atoms with E-state index >= 15 is 0 Å². The lowest BCUT2D eigenvalue weighted by Crippen LogP contribution is -2.47. The summed E-state index contributed by atoms with van der Waals surface area (Å²) >= 11 is 0. The number of urea groups is 1. The van der Waals surface area contributed by atoms with Gasteiger partial charge in [-0.05, 0) is 18.4 Å². The van der Waals surface area contributed by atoms with Gasteiger partial charge < -0.3 is 15.3 Å². The minimum Gasteiger partial charge on any atom is -0.481 e. The molecule has 0 spiro atoms. The second-order valence-electron chi connectivity index (χ2n) is 5.44. The SMILES string of the molecule is C#CCC(NC(=O)N1CCCC(C(=O)O)C1)c1ccccc1. The number of carboxylic acid groups (broad SMARTS) is 1. The van der Waals surface area contributed by atoms with E-state index in [2.05, 4.69) is 11.2 Å². The molecule has 1 aliphatic rings. The van der Waals surface area contributed by atoms with Crippen molar-refractivity contribution >= 4 is 12.0 Å². The molecule has 22 heavy (non-hydrogen) atoms. The fraction of sp³-hybridized carbons (Fsp3) is 0.412. The van der Waals surface area contributed by atoms with Gasteiger partial charge in [0.25, 0.3) is 0 Å². The first-order valence-corrected chi connectivity index (χ1v) is 7.38. The molecule has 2 rings (SSSR count). The van der Waals surface area contributed by atoms with Crippen LogP contribution in [-0.4, -0.2) is 35.1 Å². The Morgan fingerprint density at radius 3 is 2.77 bits per heavy atom. The smallest absolute Gasteiger partial charge is 0.317 e. The highest BCUT2D eigenvalue weighted by atomic mass is 16.4. The van der Waals surface area contributed by atoms with Crippen molar-refractivity contribution in [2.24, 2.45) is 5.92 Å². The minimum absolute atomic E-state index is 0.249. The topological polar surface area (TPSA) is 69.6 Å². The summed E-state index contributed by atoms with van der Waals surface area (Å²) in [6, 6.07) is 9.01. The van der Waals surface area contributed by atoms with E-state index in [4.69, 9.17) is 11.5 Å². The molecular weight excluding hydrogens is 280 g/mol. The third kappa shape index (κ3) is 4.01. The number of aliphatic carboxylic acids is 1. The molecule has 2 unspecified atom stereocenters. The molecule has 5 heteroatoms. The summed E-state index contributed by atoms with van der Waals surface area (Å²) in [6.07, 6.45) is 7.11. The molecule has 5 nitrogen and oxygen atoms in total. The zero-order chi connectivity index (χ0) is 15.9. The first kappa shape index (κ1) is 15.9. The number of carbonyl (C=O) groups excluding carboxylic acids is 1. The summed E-state index contributed by atoms with van der Waals surface area (Å²) in [6.45, 7) is 0.825. The molecular formula is C17H20N2O3. The number of hydrogen-bond donors (Lipinski definition) is 2. The van der Waals surface area contributed by atoms with Gasteiger partial charge in [-0.15, -0.1) is 12.3 Å². The average Bonchev–Trinajstić information content (AvgIpc) is 2.55. The highest BCUT2D eigenvalue weighted by molar-refractivity contribution is 5.77. The molecule has 2 amide bonds. The largest absolute Gasteiger partial charge is 0.481 e. The van der Waals surface area contributed by atoms with Gasteiger partial charge in [-0.25, -0.2) is 4.79 Å². The molecule has 1 aliphatic heterocycles. The van der Waals surface area contributed by atoms with Gasteiger partial charge in [-0.2, -0.15) is 0 Å². The van der Waals surface area contributed by atoms with Crippen molar-refractivity contribution in [3.63, 3.8) is 0 Å². The van der Waals surface area contributed by atoms with Gasteiger partial charge >= 0.3 is 12.0 Å². The number of rotatable bonds is 4. The molecule has 0 radical (unpaired) electrons.